The number of rotatable bonds is 5. The van der Waals surface area contributed by atoms with Gasteiger partial charge in [0.1, 0.15) is 12.2 Å². The third-order valence-corrected chi connectivity index (χ3v) is 1.64. The van der Waals surface area contributed by atoms with Gasteiger partial charge in [-0.2, -0.15) is 0 Å². The second-order valence-electron chi connectivity index (χ2n) is 2.77. The number of primary amides is 1. The van der Waals surface area contributed by atoms with Crippen LogP contribution in [0.3, 0.4) is 0 Å². The summed E-state index contributed by atoms with van der Waals surface area (Å²) >= 11 is 0. The number of carbonyl (C=O) groups excluding carboxylic acids is 1. The highest BCUT2D eigenvalue weighted by atomic mass is 16.4. The molecule has 0 heterocycles. The van der Waals surface area contributed by atoms with Gasteiger partial charge in [-0.05, 0) is 0 Å². The van der Waals surface area contributed by atoms with E-state index < -0.39 is 36.9 Å². The third-order valence-electron chi connectivity index (χ3n) is 1.64. The summed E-state index contributed by atoms with van der Waals surface area (Å²) in [6, 6.07) is 0. The summed E-state index contributed by atoms with van der Waals surface area (Å²) in [5.41, 5.74) is 7.33. The van der Waals surface area contributed by atoms with Crippen molar-refractivity contribution in [3.8, 4) is 0 Å². The van der Waals surface area contributed by atoms with Crippen LogP contribution in [-0.2, 0) is 4.79 Å². The van der Waals surface area contributed by atoms with Gasteiger partial charge in [-0.15, -0.1) is 0 Å². The van der Waals surface area contributed by atoms with Crippen molar-refractivity contribution in [3.05, 3.63) is 0 Å². The molecule has 0 aromatic heterocycles. The Kier molecular flexibility index (Phi) is 4.24. The molecule has 0 aliphatic carbocycles. The minimum atomic E-state index is -2.44. The maximum Gasteiger partial charge on any atom is 0.220 e. The van der Waals surface area contributed by atoms with Crippen LogP contribution in [0.25, 0.3) is 0 Å². The van der Waals surface area contributed by atoms with Gasteiger partial charge in [-0.1, -0.05) is 0 Å². The first-order valence-electron chi connectivity index (χ1n) is 3.59. The second kappa shape index (κ2) is 4.49. The lowest BCUT2D eigenvalue weighted by Gasteiger charge is -2.31. The van der Waals surface area contributed by atoms with Gasteiger partial charge in [-0.25, -0.2) is 0 Å². The fourth-order valence-electron chi connectivity index (χ4n) is 0.722. The first kappa shape index (κ1) is 12.3. The van der Waals surface area contributed by atoms with Gasteiger partial charge in [0, 0.05) is 0 Å². The Morgan fingerprint density at radius 3 is 2.15 bits per heavy atom. The highest BCUT2D eigenvalue weighted by molar-refractivity contribution is 5.74. The fourth-order valence-corrected chi connectivity index (χ4v) is 0.722. The highest BCUT2D eigenvalue weighted by Crippen LogP contribution is 2.11. The average Bonchev–Trinajstić information content (AvgIpc) is 2.01. The summed E-state index contributed by atoms with van der Waals surface area (Å²) in [7, 11) is 0. The molecule has 0 rings (SSSR count). The van der Waals surface area contributed by atoms with Crippen LogP contribution in [0.2, 0.25) is 0 Å². The van der Waals surface area contributed by atoms with Gasteiger partial charge < -0.3 is 26.2 Å². The number of aliphatic hydroxyl groups excluding tert-OH is 3. The average molecular weight is 194 g/mol. The Morgan fingerprint density at radius 1 is 1.38 bits per heavy atom. The molecule has 13 heavy (non-hydrogen) atoms. The Morgan fingerprint density at radius 2 is 1.85 bits per heavy atom. The predicted molar refractivity (Wildman–Crippen MR) is 42.0 cm³/mol. The third kappa shape index (κ3) is 3.25. The summed E-state index contributed by atoms with van der Waals surface area (Å²) in [4.78, 5) is 10.3. The molecule has 3 atom stereocenters. The molecule has 78 valence electrons. The molecular formula is C6H14N2O5. The van der Waals surface area contributed by atoms with Crippen LogP contribution in [0.5, 0.6) is 0 Å². The molecule has 0 saturated heterocycles. The Bertz CT molecular complexity index is 184. The van der Waals surface area contributed by atoms with E-state index in [1.807, 2.05) is 0 Å². The molecule has 0 spiro atoms. The Hall–Kier alpha value is -0.730. The van der Waals surface area contributed by atoms with Crippen molar-refractivity contribution >= 4 is 5.91 Å². The van der Waals surface area contributed by atoms with Crippen LogP contribution in [-0.4, -0.2) is 50.9 Å². The lowest BCUT2D eigenvalue weighted by atomic mass is 9.98. The second-order valence-corrected chi connectivity index (χ2v) is 2.77. The fraction of sp³-hybridized carbons (Fsp3) is 0.833. The molecule has 0 aliphatic rings. The first-order chi connectivity index (χ1) is 5.82. The molecule has 0 radical (unpaired) electrons. The molecule has 8 N–H and O–H groups in total. The number of nitrogens with two attached hydrogens (primary N) is 2. The summed E-state index contributed by atoms with van der Waals surface area (Å²) in [6.07, 6.45) is -4.04. The van der Waals surface area contributed by atoms with Crippen LogP contribution < -0.4 is 11.5 Å². The van der Waals surface area contributed by atoms with Gasteiger partial charge in [0.05, 0.1) is 13.0 Å². The quantitative estimate of drug-likeness (QED) is 0.247. The van der Waals surface area contributed by atoms with Gasteiger partial charge in [0.2, 0.25) is 5.91 Å². The molecule has 0 bridgehead atoms. The van der Waals surface area contributed by atoms with E-state index in [1.54, 1.807) is 0 Å². The zero-order chi connectivity index (χ0) is 10.6. The van der Waals surface area contributed by atoms with Crippen molar-refractivity contribution in [2.45, 2.75) is 24.4 Å². The molecule has 0 aromatic carbocycles. The van der Waals surface area contributed by atoms with E-state index >= 15 is 0 Å². The maximum absolute atomic E-state index is 10.3. The number of aliphatic hydroxyl groups is 4. The van der Waals surface area contributed by atoms with E-state index in [1.165, 1.54) is 0 Å². The number of hydrogen-bond donors (Lipinski definition) is 6. The molecule has 0 unspecified atom stereocenters. The van der Waals surface area contributed by atoms with E-state index in [9.17, 15) is 9.90 Å². The standard InChI is InChI=1S/C6H14N2O5/c7-5(12)1-3(10)6(8,13)4(11)2-9/h3-4,9-11,13H,1-2,8H2,(H2,7,12)/t3-,4-,6+/m1/s1. The van der Waals surface area contributed by atoms with Crippen molar-refractivity contribution in [2.24, 2.45) is 11.5 Å². The minimum Gasteiger partial charge on any atom is -0.394 e. The van der Waals surface area contributed by atoms with Gasteiger partial charge in [-0.3, -0.25) is 10.5 Å². The molecule has 0 aliphatic heterocycles. The molecule has 0 fully saturated rings. The van der Waals surface area contributed by atoms with Gasteiger partial charge in [0.15, 0.2) is 5.72 Å². The molecule has 0 saturated carbocycles. The van der Waals surface area contributed by atoms with E-state index in [0.717, 1.165) is 0 Å². The zero-order valence-corrected chi connectivity index (χ0v) is 6.92. The summed E-state index contributed by atoms with van der Waals surface area (Å²) in [5.74, 6) is -0.874. The van der Waals surface area contributed by atoms with Crippen molar-refractivity contribution in [1.29, 1.82) is 0 Å². The van der Waals surface area contributed by atoms with E-state index in [0.29, 0.717) is 0 Å². The Balaban J connectivity index is 4.34. The molecule has 1 amide bonds. The summed E-state index contributed by atoms with van der Waals surface area (Å²) in [5, 5.41) is 35.7. The largest absolute Gasteiger partial charge is 0.394 e. The molecular weight excluding hydrogens is 180 g/mol. The van der Waals surface area contributed by atoms with Gasteiger partial charge >= 0.3 is 0 Å². The monoisotopic (exact) mass is 194 g/mol. The predicted octanol–water partition coefficient (Wildman–Crippen LogP) is -3.78. The number of hydrogen-bond acceptors (Lipinski definition) is 6. The maximum atomic E-state index is 10.3. The minimum absolute atomic E-state index is 0.593. The number of amides is 1. The van der Waals surface area contributed by atoms with Crippen molar-refractivity contribution < 1.29 is 25.2 Å². The van der Waals surface area contributed by atoms with Crippen molar-refractivity contribution in [1.82, 2.24) is 0 Å². The van der Waals surface area contributed by atoms with E-state index in [4.69, 9.17) is 26.8 Å². The molecule has 7 nitrogen and oxygen atoms in total. The van der Waals surface area contributed by atoms with Crippen LogP contribution in [0.1, 0.15) is 6.42 Å². The van der Waals surface area contributed by atoms with Gasteiger partial charge in [0.25, 0.3) is 0 Å². The highest BCUT2D eigenvalue weighted by Gasteiger charge is 2.39. The van der Waals surface area contributed by atoms with E-state index in [-0.39, 0.29) is 0 Å². The normalized spacial score (nSPS) is 20.4. The Labute approximate surface area is 74.6 Å². The SMILES string of the molecule is NC(=O)C[C@@H](O)[C@](N)(O)[C@H](O)CO. The van der Waals surface area contributed by atoms with E-state index in [2.05, 4.69) is 0 Å². The smallest absolute Gasteiger partial charge is 0.220 e. The topological polar surface area (TPSA) is 150 Å². The zero-order valence-electron chi connectivity index (χ0n) is 6.92. The molecule has 0 aromatic rings. The number of carbonyl (C=O) groups is 1. The summed E-state index contributed by atoms with van der Waals surface area (Å²) in [6.45, 7) is -0.831. The van der Waals surface area contributed by atoms with Crippen LogP contribution in [0.15, 0.2) is 0 Å². The van der Waals surface area contributed by atoms with Crippen LogP contribution >= 0.6 is 0 Å². The molecule has 7 heteroatoms. The van der Waals surface area contributed by atoms with Crippen LogP contribution in [0.4, 0.5) is 0 Å². The lowest BCUT2D eigenvalue weighted by molar-refractivity contribution is -0.159. The summed E-state index contributed by atoms with van der Waals surface area (Å²) < 4.78 is 0. The van der Waals surface area contributed by atoms with Crippen LogP contribution in [0, 0.1) is 0 Å². The first-order valence-corrected chi connectivity index (χ1v) is 3.59. The van der Waals surface area contributed by atoms with Crippen molar-refractivity contribution in [2.75, 3.05) is 6.61 Å². The lowest BCUT2D eigenvalue weighted by Crippen LogP contribution is -2.61. The van der Waals surface area contributed by atoms with Crippen molar-refractivity contribution in [3.63, 3.8) is 0 Å².